The van der Waals surface area contributed by atoms with E-state index in [-0.39, 0.29) is 0 Å². The van der Waals surface area contributed by atoms with Gasteiger partial charge in [-0.1, -0.05) is 13.3 Å². The van der Waals surface area contributed by atoms with E-state index in [0.29, 0.717) is 18.8 Å². The molecular formula is C13H22N2O3S. The molecule has 1 aromatic heterocycles. The average molecular weight is 286 g/mol. The molecule has 108 valence electrons. The van der Waals surface area contributed by atoms with Crippen molar-refractivity contribution >= 4 is 22.4 Å². The van der Waals surface area contributed by atoms with Gasteiger partial charge in [-0.25, -0.2) is 4.98 Å². The maximum absolute atomic E-state index is 11.1. The molecule has 0 spiro atoms. The van der Waals surface area contributed by atoms with Crippen molar-refractivity contribution < 1.29 is 14.6 Å². The van der Waals surface area contributed by atoms with Crippen molar-refractivity contribution in [2.24, 2.45) is 0 Å². The first-order chi connectivity index (χ1) is 8.98. The highest BCUT2D eigenvalue weighted by Gasteiger charge is 2.32. The molecule has 0 aromatic carbocycles. The number of nitrogens with zero attached hydrogens (tertiary/aromatic N) is 1. The number of carbonyl (C=O) groups is 1. The Morgan fingerprint density at radius 1 is 1.53 bits per heavy atom. The lowest BCUT2D eigenvalue weighted by Gasteiger charge is -2.15. The zero-order valence-electron chi connectivity index (χ0n) is 11.7. The number of hydrogen-bond donors (Lipinski definition) is 2. The Labute approximate surface area is 118 Å². The van der Waals surface area contributed by atoms with Crippen LogP contribution in [0.2, 0.25) is 0 Å². The highest BCUT2D eigenvalue weighted by molar-refractivity contribution is 7.13. The highest BCUT2D eigenvalue weighted by Crippen LogP contribution is 2.27. The van der Waals surface area contributed by atoms with Crippen molar-refractivity contribution in [2.45, 2.75) is 39.0 Å². The van der Waals surface area contributed by atoms with Gasteiger partial charge in [-0.3, -0.25) is 4.79 Å². The summed E-state index contributed by atoms with van der Waals surface area (Å²) in [7, 11) is 0. The summed E-state index contributed by atoms with van der Waals surface area (Å²) < 4.78 is 5.43. The third kappa shape index (κ3) is 4.80. The summed E-state index contributed by atoms with van der Waals surface area (Å²) in [6.45, 7) is 7.54. The van der Waals surface area contributed by atoms with E-state index in [2.05, 4.69) is 17.2 Å². The number of carboxylic acids is 1. The number of rotatable bonds is 9. The molecule has 0 saturated heterocycles. The maximum atomic E-state index is 11.1. The lowest BCUT2D eigenvalue weighted by Crippen LogP contribution is -2.28. The van der Waals surface area contributed by atoms with Crippen LogP contribution < -0.4 is 5.32 Å². The number of aliphatic carboxylic acids is 1. The molecule has 6 heteroatoms. The van der Waals surface area contributed by atoms with Crippen LogP contribution in [-0.4, -0.2) is 35.8 Å². The predicted molar refractivity (Wildman–Crippen MR) is 77.0 cm³/mol. The van der Waals surface area contributed by atoms with Crippen LogP contribution in [0.3, 0.4) is 0 Å². The van der Waals surface area contributed by atoms with Crippen LogP contribution in [0.4, 0.5) is 5.13 Å². The number of hydrogen-bond acceptors (Lipinski definition) is 5. The quantitative estimate of drug-likeness (QED) is 0.683. The Morgan fingerprint density at radius 3 is 2.89 bits per heavy atom. The topological polar surface area (TPSA) is 71.5 Å². The molecule has 0 atom stereocenters. The Kier molecular flexibility index (Phi) is 6.24. The number of ether oxygens (including phenoxy) is 1. The second-order valence-corrected chi connectivity index (χ2v) is 5.72. The summed E-state index contributed by atoms with van der Waals surface area (Å²) in [6, 6.07) is 0. The number of aromatic nitrogens is 1. The van der Waals surface area contributed by atoms with Gasteiger partial charge < -0.3 is 15.2 Å². The summed E-state index contributed by atoms with van der Waals surface area (Å²) >= 11 is 1.42. The van der Waals surface area contributed by atoms with Crippen LogP contribution in [0, 0.1) is 0 Å². The van der Waals surface area contributed by atoms with Gasteiger partial charge in [0.15, 0.2) is 5.13 Å². The van der Waals surface area contributed by atoms with Crippen molar-refractivity contribution in [3.8, 4) is 0 Å². The van der Waals surface area contributed by atoms with Crippen LogP contribution in [-0.2, 0) is 14.9 Å². The van der Waals surface area contributed by atoms with Crippen molar-refractivity contribution in [3.05, 3.63) is 11.1 Å². The van der Waals surface area contributed by atoms with E-state index in [0.717, 1.165) is 24.6 Å². The van der Waals surface area contributed by atoms with Crippen molar-refractivity contribution in [3.63, 3.8) is 0 Å². The number of nitrogens with one attached hydrogen (secondary N) is 1. The molecule has 19 heavy (non-hydrogen) atoms. The molecule has 2 N–H and O–H groups in total. The lowest BCUT2D eigenvalue weighted by molar-refractivity contribution is -0.142. The maximum Gasteiger partial charge on any atom is 0.315 e. The number of anilines is 1. The second kappa shape index (κ2) is 7.45. The van der Waals surface area contributed by atoms with Gasteiger partial charge in [-0.15, -0.1) is 11.3 Å². The van der Waals surface area contributed by atoms with Crippen molar-refractivity contribution in [1.29, 1.82) is 0 Å². The van der Waals surface area contributed by atoms with Gasteiger partial charge in [0.25, 0.3) is 0 Å². The molecule has 1 heterocycles. The van der Waals surface area contributed by atoms with Crippen LogP contribution in [0.1, 0.15) is 39.3 Å². The van der Waals surface area contributed by atoms with E-state index in [1.807, 2.05) is 0 Å². The third-order valence-electron chi connectivity index (χ3n) is 2.84. The van der Waals surface area contributed by atoms with Gasteiger partial charge >= 0.3 is 5.97 Å². The second-order valence-electron chi connectivity index (χ2n) is 4.86. The smallest absolute Gasteiger partial charge is 0.315 e. The van der Waals surface area contributed by atoms with Crippen LogP contribution in [0.5, 0.6) is 0 Å². The van der Waals surface area contributed by atoms with E-state index >= 15 is 0 Å². The largest absolute Gasteiger partial charge is 0.481 e. The first-order valence-electron chi connectivity index (χ1n) is 6.49. The van der Waals surface area contributed by atoms with Gasteiger partial charge in [0.2, 0.25) is 0 Å². The van der Waals surface area contributed by atoms with Crippen molar-refractivity contribution in [2.75, 3.05) is 25.1 Å². The Balaban J connectivity index is 2.37. The Hall–Kier alpha value is -1.14. The minimum absolute atomic E-state index is 0.583. The molecule has 0 aliphatic carbocycles. The van der Waals surface area contributed by atoms with E-state index in [1.165, 1.54) is 11.3 Å². The average Bonchev–Trinajstić information content (AvgIpc) is 2.82. The summed E-state index contributed by atoms with van der Waals surface area (Å²) in [5, 5.41) is 14.8. The Bertz CT molecular complexity index is 404. The van der Waals surface area contributed by atoms with Crippen LogP contribution >= 0.6 is 11.3 Å². The molecule has 0 amide bonds. The number of unbranched alkanes of at least 4 members (excludes halogenated alkanes) is 1. The molecule has 0 aliphatic rings. The van der Waals surface area contributed by atoms with E-state index in [4.69, 9.17) is 9.84 Å². The molecule has 0 fully saturated rings. The standard InChI is InChI=1S/C13H22N2O3S/c1-4-5-7-18-8-6-14-12-15-10(9-19-12)13(2,3)11(16)17/h9H,4-8H2,1-3H3,(H,14,15)(H,16,17). The predicted octanol–water partition coefficient (Wildman–Crippen LogP) is 2.73. The molecule has 0 aliphatic heterocycles. The molecule has 0 unspecified atom stereocenters. The molecule has 1 rings (SSSR count). The number of thiazole rings is 1. The fourth-order valence-corrected chi connectivity index (χ4v) is 2.24. The van der Waals surface area contributed by atoms with Gasteiger partial charge in [-0.05, 0) is 20.3 Å². The van der Waals surface area contributed by atoms with Crippen molar-refractivity contribution in [1.82, 2.24) is 4.98 Å². The third-order valence-corrected chi connectivity index (χ3v) is 3.64. The molecule has 0 bridgehead atoms. The minimum Gasteiger partial charge on any atom is -0.481 e. The van der Waals surface area contributed by atoms with Gasteiger partial charge in [0.1, 0.15) is 5.41 Å². The van der Waals surface area contributed by atoms with E-state index < -0.39 is 11.4 Å². The molecular weight excluding hydrogens is 264 g/mol. The van der Waals surface area contributed by atoms with E-state index in [9.17, 15) is 4.79 Å². The van der Waals surface area contributed by atoms with E-state index in [1.54, 1.807) is 19.2 Å². The van der Waals surface area contributed by atoms with Crippen LogP contribution in [0.15, 0.2) is 5.38 Å². The zero-order chi connectivity index (χ0) is 14.3. The van der Waals surface area contributed by atoms with Gasteiger partial charge in [0.05, 0.1) is 12.3 Å². The lowest BCUT2D eigenvalue weighted by atomic mass is 9.90. The monoisotopic (exact) mass is 286 g/mol. The fraction of sp³-hybridized carbons (Fsp3) is 0.692. The fourth-order valence-electron chi connectivity index (χ4n) is 1.33. The first-order valence-corrected chi connectivity index (χ1v) is 7.37. The molecule has 0 saturated carbocycles. The highest BCUT2D eigenvalue weighted by atomic mass is 32.1. The summed E-state index contributed by atoms with van der Waals surface area (Å²) in [5.74, 6) is -0.868. The summed E-state index contributed by atoms with van der Waals surface area (Å²) in [6.07, 6.45) is 2.21. The minimum atomic E-state index is -0.950. The number of carboxylic acid groups (broad SMARTS) is 1. The van der Waals surface area contributed by atoms with Gasteiger partial charge in [0, 0.05) is 18.5 Å². The molecule has 1 aromatic rings. The SMILES string of the molecule is CCCCOCCNc1nc(C(C)(C)C(=O)O)cs1. The first kappa shape index (κ1) is 15.9. The summed E-state index contributed by atoms with van der Waals surface area (Å²) in [5.41, 5.74) is -0.368. The van der Waals surface area contributed by atoms with Gasteiger partial charge in [-0.2, -0.15) is 0 Å². The molecule has 0 radical (unpaired) electrons. The van der Waals surface area contributed by atoms with Crippen LogP contribution in [0.25, 0.3) is 0 Å². The summed E-state index contributed by atoms with van der Waals surface area (Å²) in [4.78, 5) is 15.4. The zero-order valence-corrected chi connectivity index (χ0v) is 12.5. The molecule has 5 nitrogen and oxygen atoms in total. The Morgan fingerprint density at radius 2 is 2.26 bits per heavy atom. The normalized spacial score (nSPS) is 11.5.